The van der Waals surface area contributed by atoms with Gasteiger partial charge in [-0.25, -0.2) is 14.4 Å². The van der Waals surface area contributed by atoms with Gasteiger partial charge in [-0.2, -0.15) is 0 Å². The molecule has 1 saturated carbocycles. The molecule has 0 N–H and O–H groups in total. The minimum Gasteiger partial charge on any atom is -0.496 e. The van der Waals surface area contributed by atoms with Gasteiger partial charge < -0.3 is 14.4 Å². The maximum absolute atomic E-state index is 14.9. The summed E-state index contributed by atoms with van der Waals surface area (Å²) in [5.74, 6) is 2.57. The first-order valence-electron chi connectivity index (χ1n) is 11.3. The lowest BCUT2D eigenvalue weighted by Crippen LogP contribution is -2.34. The van der Waals surface area contributed by atoms with Crippen LogP contribution in [0.1, 0.15) is 48.6 Å². The molecule has 0 spiro atoms. The fraction of sp³-hybridized carbons (Fsp3) is 0.423. The summed E-state index contributed by atoms with van der Waals surface area (Å²) in [5, 5.41) is 0.971. The van der Waals surface area contributed by atoms with Gasteiger partial charge in [-0.15, -0.1) is 0 Å². The number of piperidine rings is 1. The summed E-state index contributed by atoms with van der Waals surface area (Å²) in [6.07, 6.45) is 5.04. The molecule has 2 aromatic carbocycles. The number of fused-ring (bicyclic) bond motifs is 1. The van der Waals surface area contributed by atoms with Crippen molar-refractivity contribution in [3.05, 3.63) is 65.8 Å². The monoisotopic (exact) mass is 434 g/mol. The van der Waals surface area contributed by atoms with Crippen LogP contribution in [0.25, 0.3) is 10.9 Å². The summed E-state index contributed by atoms with van der Waals surface area (Å²) >= 11 is 0. The molecule has 2 aliphatic rings. The predicted molar refractivity (Wildman–Crippen MR) is 124 cm³/mol. The summed E-state index contributed by atoms with van der Waals surface area (Å²) in [5.41, 5.74) is 1.76. The first-order chi connectivity index (χ1) is 15.6. The molecule has 6 heteroatoms. The Kier molecular flexibility index (Phi) is 5.72. The third-order valence-corrected chi connectivity index (χ3v) is 6.65. The average Bonchev–Trinajstić information content (AvgIpc) is 3.60. The first kappa shape index (κ1) is 21.1. The van der Waals surface area contributed by atoms with Crippen molar-refractivity contribution in [3.8, 4) is 5.75 Å². The standard InChI is InChI=1S/C26H29FN3O2/c1-31-16-11-18-7-8-22-21(17-18)24(29-25(28-22)26(27)12-13-26)30-14-9-19(10-15-30)20-5-3-4-6-23(20)32-2/h3-8,11,17,19H,9-10,12-16H2,1-2H3. The van der Waals surface area contributed by atoms with Gasteiger partial charge in [0.15, 0.2) is 11.5 Å². The van der Waals surface area contributed by atoms with Gasteiger partial charge in [0.25, 0.3) is 0 Å². The van der Waals surface area contributed by atoms with E-state index < -0.39 is 5.67 Å². The molecule has 2 fully saturated rings. The zero-order chi connectivity index (χ0) is 22.1. The highest BCUT2D eigenvalue weighted by Crippen LogP contribution is 2.49. The van der Waals surface area contributed by atoms with Gasteiger partial charge in [-0.3, -0.25) is 0 Å². The normalized spacial score (nSPS) is 18.2. The molecule has 0 atom stereocenters. The van der Waals surface area contributed by atoms with Gasteiger partial charge in [0, 0.05) is 32.0 Å². The fourth-order valence-electron chi connectivity index (χ4n) is 4.62. The van der Waals surface area contributed by atoms with Crippen molar-refractivity contribution in [2.24, 2.45) is 0 Å². The van der Waals surface area contributed by atoms with Crippen molar-refractivity contribution >= 4 is 16.7 Å². The first-order valence-corrected chi connectivity index (χ1v) is 11.3. The molecule has 3 aromatic rings. The van der Waals surface area contributed by atoms with E-state index in [2.05, 4.69) is 28.1 Å². The number of nitrogens with zero attached hydrogens (tertiary/aromatic N) is 3. The van der Waals surface area contributed by atoms with Gasteiger partial charge in [0.05, 0.1) is 19.2 Å². The molecular formula is C26H29FN3O2. The van der Waals surface area contributed by atoms with Crippen molar-refractivity contribution in [1.82, 2.24) is 9.97 Å². The molecule has 2 heterocycles. The minimum absolute atomic E-state index is 0.334. The molecule has 5 nitrogen and oxygen atoms in total. The van der Waals surface area contributed by atoms with Crippen molar-refractivity contribution < 1.29 is 13.9 Å². The Labute approximate surface area is 188 Å². The second-order valence-electron chi connectivity index (χ2n) is 8.78. The minimum atomic E-state index is -1.36. The highest BCUT2D eigenvalue weighted by atomic mass is 19.1. The molecule has 1 aliphatic heterocycles. The van der Waals surface area contributed by atoms with E-state index in [4.69, 9.17) is 14.5 Å². The molecule has 0 bridgehead atoms. The lowest BCUT2D eigenvalue weighted by Gasteiger charge is -2.34. The Morgan fingerprint density at radius 2 is 1.88 bits per heavy atom. The predicted octanol–water partition coefficient (Wildman–Crippen LogP) is 5.18. The van der Waals surface area contributed by atoms with Crippen LogP contribution >= 0.6 is 0 Å². The Morgan fingerprint density at radius 1 is 1.09 bits per heavy atom. The maximum Gasteiger partial charge on any atom is 0.170 e. The largest absolute Gasteiger partial charge is 0.496 e. The van der Waals surface area contributed by atoms with E-state index in [-0.39, 0.29) is 0 Å². The van der Waals surface area contributed by atoms with Gasteiger partial charge in [-0.1, -0.05) is 24.3 Å². The number of benzene rings is 2. The molecule has 1 radical (unpaired) electrons. The van der Waals surface area contributed by atoms with E-state index in [9.17, 15) is 4.39 Å². The van der Waals surface area contributed by atoms with Crippen LogP contribution in [0.5, 0.6) is 5.75 Å². The highest BCUT2D eigenvalue weighted by molar-refractivity contribution is 5.90. The molecule has 1 saturated heterocycles. The average molecular weight is 435 g/mol. The Hall–Kier alpha value is -2.73. The van der Waals surface area contributed by atoms with Crippen LogP contribution in [0, 0.1) is 6.42 Å². The topological polar surface area (TPSA) is 47.5 Å². The van der Waals surface area contributed by atoms with E-state index in [1.807, 2.05) is 30.7 Å². The van der Waals surface area contributed by atoms with Crippen molar-refractivity contribution in [2.45, 2.75) is 37.3 Å². The van der Waals surface area contributed by atoms with Crippen molar-refractivity contribution in [2.75, 3.05) is 38.8 Å². The SMILES string of the molecule is COC[CH]c1ccc2nc(C3(F)CC3)nc(N3CCC(c4ccccc4OC)CC3)c2c1. The number of alkyl halides is 1. The number of hydrogen-bond acceptors (Lipinski definition) is 5. The number of anilines is 1. The van der Waals surface area contributed by atoms with Crippen LogP contribution in [0.4, 0.5) is 10.2 Å². The van der Waals surface area contributed by atoms with Crippen LogP contribution < -0.4 is 9.64 Å². The zero-order valence-corrected chi connectivity index (χ0v) is 18.7. The van der Waals surface area contributed by atoms with E-state index in [0.717, 1.165) is 54.0 Å². The second-order valence-corrected chi connectivity index (χ2v) is 8.78. The Morgan fingerprint density at radius 3 is 2.59 bits per heavy atom. The maximum atomic E-state index is 14.9. The molecule has 1 aromatic heterocycles. The number of ether oxygens (including phenoxy) is 2. The Bertz CT molecular complexity index is 1110. The molecule has 0 unspecified atom stereocenters. The third kappa shape index (κ3) is 4.04. The number of aromatic nitrogens is 2. The van der Waals surface area contributed by atoms with Gasteiger partial charge in [-0.05, 0) is 60.9 Å². The molecule has 167 valence electrons. The van der Waals surface area contributed by atoms with Crippen LogP contribution in [0.2, 0.25) is 0 Å². The third-order valence-electron chi connectivity index (χ3n) is 6.65. The summed E-state index contributed by atoms with van der Waals surface area (Å²) in [6, 6.07) is 14.3. The van der Waals surface area contributed by atoms with E-state index in [1.54, 1.807) is 14.2 Å². The smallest absolute Gasteiger partial charge is 0.170 e. The van der Waals surface area contributed by atoms with Gasteiger partial charge >= 0.3 is 0 Å². The number of hydrogen-bond donors (Lipinski definition) is 0. The van der Waals surface area contributed by atoms with E-state index in [1.165, 1.54) is 5.56 Å². The zero-order valence-electron chi connectivity index (χ0n) is 18.7. The summed E-state index contributed by atoms with van der Waals surface area (Å²) in [6.45, 7) is 2.26. The van der Waals surface area contributed by atoms with Crippen molar-refractivity contribution in [3.63, 3.8) is 0 Å². The Balaban J connectivity index is 1.46. The number of methoxy groups -OCH3 is 2. The molecular weight excluding hydrogens is 405 g/mol. The van der Waals surface area contributed by atoms with E-state index >= 15 is 0 Å². The molecule has 32 heavy (non-hydrogen) atoms. The quantitative estimate of drug-likeness (QED) is 0.513. The molecule has 5 rings (SSSR count). The highest BCUT2D eigenvalue weighted by Gasteiger charge is 2.48. The van der Waals surface area contributed by atoms with Gasteiger partial charge in [0.2, 0.25) is 0 Å². The number of rotatable bonds is 7. The van der Waals surface area contributed by atoms with Crippen LogP contribution in [-0.2, 0) is 10.4 Å². The summed E-state index contributed by atoms with van der Waals surface area (Å²) < 4.78 is 25.7. The summed E-state index contributed by atoms with van der Waals surface area (Å²) in [4.78, 5) is 11.7. The summed E-state index contributed by atoms with van der Waals surface area (Å²) in [7, 11) is 3.41. The fourth-order valence-corrected chi connectivity index (χ4v) is 4.62. The number of halogens is 1. The van der Waals surface area contributed by atoms with Crippen LogP contribution in [-0.4, -0.2) is 43.9 Å². The molecule has 0 amide bonds. The molecule has 1 aliphatic carbocycles. The van der Waals surface area contributed by atoms with E-state index in [0.29, 0.717) is 31.2 Å². The number of para-hydroxylation sites is 1. The van der Waals surface area contributed by atoms with Gasteiger partial charge in [0.1, 0.15) is 11.6 Å². The van der Waals surface area contributed by atoms with Crippen LogP contribution in [0.15, 0.2) is 42.5 Å². The van der Waals surface area contributed by atoms with Crippen LogP contribution in [0.3, 0.4) is 0 Å². The lowest BCUT2D eigenvalue weighted by molar-refractivity contribution is 0.225. The van der Waals surface area contributed by atoms with Crippen molar-refractivity contribution in [1.29, 1.82) is 0 Å². The lowest BCUT2D eigenvalue weighted by atomic mass is 9.88. The second kappa shape index (κ2) is 8.66.